The van der Waals surface area contributed by atoms with Gasteiger partial charge in [-0.25, -0.2) is 4.98 Å². The zero-order valence-corrected chi connectivity index (χ0v) is 13.7. The van der Waals surface area contributed by atoms with Gasteiger partial charge in [-0.3, -0.25) is 14.9 Å². The molecule has 144 valence electrons. The van der Waals surface area contributed by atoms with Crippen LogP contribution in [0.5, 0.6) is 11.6 Å². The molecule has 2 rings (SSSR count). The van der Waals surface area contributed by atoms with Crippen LogP contribution in [0.1, 0.15) is 5.56 Å². The third-order valence-corrected chi connectivity index (χ3v) is 3.07. The van der Waals surface area contributed by atoms with Gasteiger partial charge in [-0.15, -0.1) is 0 Å². The van der Waals surface area contributed by atoms with Gasteiger partial charge >= 0.3 is 6.18 Å². The zero-order valence-electron chi connectivity index (χ0n) is 13.7. The van der Waals surface area contributed by atoms with E-state index in [1.807, 2.05) is 0 Å². The van der Waals surface area contributed by atoms with Crippen molar-refractivity contribution in [2.75, 3.05) is 13.2 Å². The molecule has 2 aromatic rings. The molecular formula is C16H14F3N3O5. The Bertz CT molecular complexity index is 814. The first-order valence-electron chi connectivity index (χ1n) is 7.51. The molecule has 8 nitrogen and oxygen atoms in total. The van der Waals surface area contributed by atoms with E-state index < -0.39 is 23.6 Å². The third-order valence-electron chi connectivity index (χ3n) is 3.07. The van der Waals surface area contributed by atoms with Gasteiger partial charge in [0.25, 0.3) is 11.6 Å². The molecular weight excluding hydrogens is 371 g/mol. The van der Waals surface area contributed by atoms with Gasteiger partial charge in [-0.05, 0) is 17.7 Å². The molecule has 0 unspecified atom stereocenters. The second-order valence-electron chi connectivity index (χ2n) is 5.23. The number of nitrogens with one attached hydrogen (secondary N) is 1. The summed E-state index contributed by atoms with van der Waals surface area (Å²) in [5.74, 6) is -0.575. The number of non-ortho nitro benzene ring substituents is 1. The number of benzene rings is 1. The lowest BCUT2D eigenvalue weighted by Gasteiger charge is -2.10. The van der Waals surface area contributed by atoms with Crippen molar-refractivity contribution in [1.29, 1.82) is 0 Å². The van der Waals surface area contributed by atoms with Crippen LogP contribution in [0.25, 0.3) is 0 Å². The Balaban J connectivity index is 1.81. The van der Waals surface area contributed by atoms with E-state index in [0.717, 1.165) is 0 Å². The zero-order chi connectivity index (χ0) is 19.9. The minimum Gasteiger partial charge on any atom is -0.484 e. The van der Waals surface area contributed by atoms with Gasteiger partial charge in [0.15, 0.2) is 13.2 Å². The molecule has 1 N–H and O–H groups in total. The molecule has 0 bridgehead atoms. The number of halogens is 3. The maximum atomic E-state index is 12.1. The summed E-state index contributed by atoms with van der Waals surface area (Å²) < 4.78 is 46.1. The fraction of sp³-hybridized carbons (Fsp3) is 0.250. The molecule has 1 heterocycles. The van der Waals surface area contributed by atoms with Crippen molar-refractivity contribution in [2.24, 2.45) is 0 Å². The number of hydrogen-bond donors (Lipinski definition) is 1. The summed E-state index contributed by atoms with van der Waals surface area (Å²) in [5.41, 5.74) is 0.307. The molecule has 1 amide bonds. The summed E-state index contributed by atoms with van der Waals surface area (Å²) >= 11 is 0. The molecule has 0 fully saturated rings. The minimum atomic E-state index is -4.48. The topological polar surface area (TPSA) is 104 Å². The number of nitro groups is 1. The average molecular weight is 385 g/mol. The number of carbonyl (C=O) groups excluding carboxylic acids is 1. The van der Waals surface area contributed by atoms with Crippen molar-refractivity contribution < 1.29 is 32.4 Å². The molecule has 0 atom stereocenters. The van der Waals surface area contributed by atoms with Gasteiger partial charge in [-0.1, -0.05) is 6.07 Å². The quantitative estimate of drug-likeness (QED) is 0.553. The molecule has 0 aliphatic heterocycles. The van der Waals surface area contributed by atoms with Crippen molar-refractivity contribution in [3.63, 3.8) is 0 Å². The van der Waals surface area contributed by atoms with Gasteiger partial charge in [-0.2, -0.15) is 13.2 Å². The van der Waals surface area contributed by atoms with Crippen molar-refractivity contribution >= 4 is 11.6 Å². The van der Waals surface area contributed by atoms with Crippen LogP contribution in [-0.4, -0.2) is 35.2 Å². The van der Waals surface area contributed by atoms with E-state index in [0.29, 0.717) is 5.56 Å². The standard InChI is InChI=1S/C16H14F3N3O5/c17-16(18,19)10-27-15-6-11(4-5-20-15)8-21-14(23)9-26-13-3-1-2-12(7-13)22(24)25/h1-7H,8-10H2,(H,21,23). The number of alkyl halides is 3. The predicted molar refractivity (Wildman–Crippen MR) is 86.2 cm³/mol. The number of pyridine rings is 1. The molecule has 0 saturated carbocycles. The number of rotatable bonds is 8. The summed E-state index contributed by atoms with van der Waals surface area (Å²) in [6.07, 6.45) is -3.22. The van der Waals surface area contributed by atoms with Crippen molar-refractivity contribution in [3.8, 4) is 11.6 Å². The Morgan fingerprint density at radius 3 is 2.70 bits per heavy atom. The number of nitro benzene ring substituents is 1. The van der Waals surface area contributed by atoms with Crippen LogP contribution in [0.2, 0.25) is 0 Å². The van der Waals surface area contributed by atoms with Crippen LogP contribution in [0.3, 0.4) is 0 Å². The number of nitrogens with zero attached hydrogens (tertiary/aromatic N) is 2. The Morgan fingerprint density at radius 1 is 1.22 bits per heavy atom. The Morgan fingerprint density at radius 2 is 2.00 bits per heavy atom. The monoisotopic (exact) mass is 385 g/mol. The molecule has 27 heavy (non-hydrogen) atoms. The first-order chi connectivity index (χ1) is 12.7. The molecule has 1 aromatic carbocycles. The van der Waals surface area contributed by atoms with Gasteiger partial charge in [0.1, 0.15) is 5.75 Å². The van der Waals surface area contributed by atoms with E-state index in [4.69, 9.17) is 4.74 Å². The highest BCUT2D eigenvalue weighted by Crippen LogP contribution is 2.19. The lowest BCUT2D eigenvalue weighted by Crippen LogP contribution is -2.28. The van der Waals surface area contributed by atoms with Crippen LogP contribution in [0, 0.1) is 10.1 Å². The fourth-order valence-electron chi connectivity index (χ4n) is 1.88. The molecule has 0 aliphatic rings. The van der Waals surface area contributed by atoms with E-state index in [2.05, 4.69) is 15.0 Å². The van der Waals surface area contributed by atoms with Gasteiger partial charge in [0, 0.05) is 24.9 Å². The molecule has 0 aliphatic carbocycles. The lowest BCUT2D eigenvalue weighted by molar-refractivity contribution is -0.384. The van der Waals surface area contributed by atoms with E-state index in [1.165, 1.54) is 42.6 Å². The third kappa shape index (κ3) is 7.18. The SMILES string of the molecule is O=C(COc1cccc([N+](=O)[O-])c1)NCc1ccnc(OCC(F)(F)F)c1. The molecule has 1 aromatic heterocycles. The normalized spacial score (nSPS) is 10.9. The summed E-state index contributed by atoms with van der Waals surface area (Å²) in [5, 5.41) is 13.2. The minimum absolute atomic E-state index is 0.0159. The Labute approximate surface area is 151 Å². The fourth-order valence-corrected chi connectivity index (χ4v) is 1.88. The molecule has 0 spiro atoms. The highest BCUT2D eigenvalue weighted by Gasteiger charge is 2.28. The highest BCUT2D eigenvalue weighted by atomic mass is 19.4. The van der Waals surface area contributed by atoms with E-state index in [1.54, 1.807) is 0 Å². The van der Waals surface area contributed by atoms with Crippen LogP contribution >= 0.6 is 0 Å². The van der Waals surface area contributed by atoms with Crippen LogP contribution in [-0.2, 0) is 11.3 Å². The first kappa shape index (κ1) is 19.9. The van der Waals surface area contributed by atoms with Gasteiger partial charge < -0.3 is 14.8 Å². The van der Waals surface area contributed by atoms with Crippen LogP contribution in [0.4, 0.5) is 18.9 Å². The average Bonchev–Trinajstić information content (AvgIpc) is 2.63. The Hall–Kier alpha value is -3.37. The van der Waals surface area contributed by atoms with Crippen LogP contribution < -0.4 is 14.8 Å². The summed E-state index contributed by atoms with van der Waals surface area (Å²) in [7, 11) is 0. The summed E-state index contributed by atoms with van der Waals surface area (Å²) in [6.45, 7) is -1.83. The molecule has 0 saturated heterocycles. The number of ether oxygens (including phenoxy) is 2. The smallest absolute Gasteiger partial charge is 0.422 e. The number of aromatic nitrogens is 1. The van der Waals surface area contributed by atoms with E-state index >= 15 is 0 Å². The van der Waals surface area contributed by atoms with Gasteiger partial charge in [0.2, 0.25) is 5.88 Å². The second kappa shape index (κ2) is 8.83. The van der Waals surface area contributed by atoms with Crippen molar-refractivity contribution in [3.05, 3.63) is 58.3 Å². The summed E-state index contributed by atoms with van der Waals surface area (Å²) in [6, 6.07) is 8.13. The number of amides is 1. The summed E-state index contributed by atoms with van der Waals surface area (Å²) in [4.78, 5) is 25.5. The lowest BCUT2D eigenvalue weighted by atomic mass is 10.2. The van der Waals surface area contributed by atoms with E-state index in [-0.39, 0.29) is 30.5 Å². The van der Waals surface area contributed by atoms with Gasteiger partial charge in [0.05, 0.1) is 11.0 Å². The molecule has 11 heteroatoms. The van der Waals surface area contributed by atoms with Crippen molar-refractivity contribution in [1.82, 2.24) is 10.3 Å². The molecule has 0 radical (unpaired) electrons. The van der Waals surface area contributed by atoms with Crippen LogP contribution in [0.15, 0.2) is 42.6 Å². The predicted octanol–water partition coefficient (Wildman–Crippen LogP) is 2.63. The maximum Gasteiger partial charge on any atom is 0.422 e. The van der Waals surface area contributed by atoms with Crippen molar-refractivity contribution in [2.45, 2.75) is 12.7 Å². The largest absolute Gasteiger partial charge is 0.484 e. The number of hydrogen-bond acceptors (Lipinski definition) is 6. The highest BCUT2D eigenvalue weighted by molar-refractivity contribution is 5.77. The number of carbonyl (C=O) groups is 1. The first-order valence-corrected chi connectivity index (χ1v) is 7.51. The second-order valence-corrected chi connectivity index (χ2v) is 5.23. The maximum absolute atomic E-state index is 12.1. The Kier molecular flexibility index (Phi) is 6.52. The van der Waals surface area contributed by atoms with E-state index in [9.17, 15) is 28.1 Å².